The minimum Gasteiger partial charge on any atom is -0.496 e. The van der Waals surface area contributed by atoms with Crippen LogP contribution in [0, 0.1) is 12.7 Å². The van der Waals surface area contributed by atoms with E-state index in [1.807, 2.05) is 23.5 Å². The normalized spacial score (nSPS) is 11.3. The second-order valence-electron chi connectivity index (χ2n) is 7.45. The highest BCUT2D eigenvalue weighted by atomic mass is 19.1. The van der Waals surface area contributed by atoms with Crippen LogP contribution in [-0.2, 0) is 6.54 Å². The fraction of sp³-hybridized carbons (Fsp3) is 0.261. The molecule has 1 aromatic carbocycles. The Morgan fingerprint density at radius 3 is 2.63 bits per heavy atom. The van der Waals surface area contributed by atoms with Crippen LogP contribution in [0.25, 0.3) is 16.8 Å². The lowest BCUT2D eigenvalue weighted by Crippen LogP contribution is -2.07. The molecule has 1 N–H and O–H groups in total. The molecule has 30 heavy (non-hydrogen) atoms. The van der Waals surface area contributed by atoms with Crippen LogP contribution in [0.2, 0.25) is 0 Å². The molecule has 7 heteroatoms. The maximum atomic E-state index is 14.3. The van der Waals surface area contributed by atoms with Crippen molar-refractivity contribution >= 4 is 11.5 Å². The average Bonchev–Trinajstić information content (AvgIpc) is 3.23. The van der Waals surface area contributed by atoms with Crippen LogP contribution in [0.1, 0.15) is 36.7 Å². The van der Waals surface area contributed by atoms with Crippen molar-refractivity contribution in [3.05, 3.63) is 71.6 Å². The van der Waals surface area contributed by atoms with Crippen LogP contribution >= 0.6 is 0 Å². The van der Waals surface area contributed by atoms with Gasteiger partial charge in [-0.25, -0.2) is 4.39 Å². The first-order chi connectivity index (χ1) is 14.5. The summed E-state index contributed by atoms with van der Waals surface area (Å²) in [6.07, 6.45) is 1.64. The largest absolute Gasteiger partial charge is 0.496 e. The maximum absolute atomic E-state index is 14.3. The van der Waals surface area contributed by atoms with Gasteiger partial charge >= 0.3 is 0 Å². The van der Waals surface area contributed by atoms with Gasteiger partial charge in [0.25, 0.3) is 0 Å². The van der Waals surface area contributed by atoms with Gasteiger partial charge in [-0.05, 0) is 43.2 Å². The monoisotopic (exact) mass is 405 g/mol. The van der Waals surface area contributed by atoms with Crippen LogP contribution in [-0.4, -0.2) is 26.7 Å². The zero-order chi connectivity index (χ0) is 21.3. The number of aromatic nitrogens is 4. The average molecular weight is 405 g/mol. The Hall–Kier alpha value is -3.48. The van der Waals surface area contributed by atoms with E-state index in [-0.39, 0.29) is 12.4 Å². The molecule has 0 saturated carbocycles. The Bertz CT molecular complexity index is 1200. The number of methoxy groups -OCH3 is 1. The van der Waals surface area contributed by atoms with Gasteiger partial charge in [-0.2, -0.15) is 0 Å². The quantitative estimate of drug-likeness (QED) is 0.490. The van der Waals surface area contributed by atoms with Crippen molar-refractivity contribution in [1.29, 1.82) is 0 Å². The molecular formula is C23H24FN5O. The third-order valence-corrected chi connectivity index (χ3v) is 5.19. The molecule has 6 nitrogen and oxygen atoms in total. The lowest BCUT2D eigenvalue weighted by atomic mass is 10.0. The van der Waals surface area contributed by atoms with Gasteiger partial charge in [0, 0.05) is 34.6 Å². The van der Waals surface area contributed by atoms with Crippen molar-refractivity contribution in [1.82, 2.24) is 19.6 Å². The molecule has 4 aromatic rings. The molecule has 4 rings (SSSR count). The molecule has 0 saturated heterocycles. The minimum atomic E-state index is -0.314. The number of anilines is 1. The molecule has 0 aliphatic heterocycles. The summed E-state index contributed by atoms with van der Waals surface area (Å²) in [5, 5.41) is 11.7. The van der Waals surface area contributed by atoms with E-state index in [4.69, 9.17) is 9.72 Å². The Morgan fingerprint density at radius 2 is 1.90 bits per heavy atom. The van der Waals surface area contributed by atoms with E-state index >= 15 is 0 Å². The molecular weight excluding hydrogens is 381 g/mol. The Morgan fingerprint density at radius 1 is 1.10 bits per heavy atom. The second-order valence-corrected chi connectivity index (χ2v) is 7.45. The van der Waals surface area contributed by atoms with Gasteiger partial charge in [0.2, 0.25) is 0 Å². The SMILES string of the molecule is COc1cccc(F)c1CNc1ccc(-c2ccc(C(C)C)nc2C)c2nncn12. The Labute approximate surface area is 174 Å². The third-order valence-electron chi connectivity index (χ3n) is 5.19. The van der Waals surface area contributed by atoms with Gasteiger partial charge in [0.1, 0.15) is 23.7 Å². The van der Waals surface area contributed by atoms with E-state index in [9.17, 15) is 4.39 Å². The molecule has 0 bridgehead atoms. The number of aryl methyl sites for hydroxylation is 1. The van der Waals surface area contributed by atoms with Gasteiger partial charge in [-0.1, -0.05) is 26.0 Å². The summed E-state index contributed by atoms with van der Waals surface area (Å²) in [7, 11) is 1.53. The maximum Gasteiger partial charge on any atom is 0.170 e. The minimum absolute atomic E-state index is 0.270. The highest BCUT2D eigenvalue weighted by Gasteiger charge is 2.15. The zero-order valence-corrected chi connectivity index (χ0v) is 17.5. The van der Waals surface area contributed by atoms with E-state index in [0.29, 0.717) is 22.9 Å². The molecule has 0 radical (unpaired) electrons. The summed E-state index contributed by atoms with van der Waals surface area (Å²) >= 11 is 0. The van der Waals surface area contributed by atoms with Crippen molar-refractivity contribution < 1.29 is 9.13 Å². The standard InChI is InChI=1S/C23H24FN5O/c1-14(2)20-10-8-16(15(3)27-20)17-9-11-22(29-13-26-28-23(17)29)25-12-18-19(24)6-5-7-21(18)30-4/h5-11,13-14,25H,12H2,1-4H3. The zero-order valence-electron chi connectivity index (χ0n) is 17.5. The van der Waals surface area contributed by atoms with Crippen LogP contribution in [0.15, 0.2) is 48.8 Å². The first-order valence-electron chi connectivity index (χ1n) is 9.85. The predicted molar refractivity (Wildman–Crippen MR) is 115 cm³/mol. The first kappa shape index (κ1) is 19.8. The second kappa shape index (κ2) is 8.10. The molecule has 0 atom stereocenters. The van der Waals surface area contributed by atoms with E-state index < -0.39 is 0 Å². The van der Waals surface area contributed by atoms with Crippen molar-refractivity contribution in [3.63, 3.8) is 0 Å². The van der Waals surface area contributed by atoms with Gasteiger partial charge in [-0.3, -0.25) is 9.38 Å². The number of ether oxygens (including phenoxy) is 1. The number of nitrogens with zero attached hydrogens (tertiary/aromatic N) is 4. The van der Waals surface area contributed by atoms with E-state index in [1.54, 1.807) is 18.5 Å². The van der Waals surface area contributed by atoms with Crippen LogP contribution in [0.4, 0.5) is 10.2 Å². The first-order valence-corrected chi connectivity index (χ1v) is 9.85. The number of hydrogen-bond acceptors (Lipinski definition) is 5. The predicted octanol–water partition coefficient (Wildman–Crippen LogP) is 4.98. The summed E-state index contributed by atoms with van der Waals surface area (Å²) < 4.78 is 21.4. The number of nitrogens with one attached hydrogen (secondary N) is 1. The number of hydrogen-bond donors (Lipinski definition) is 1. The molecule has 0 amide bonds. The van der Waals surface area contributed by atoms with Crippen LogP contribution in [0.3, 0.4) is 0 Å². The molecule has 0 fully saturated rings. The van der Waals surface area contributed by atoms with E-state index in [0.717, 1.165) is 28.3 Å². The number of halogens is 1. The number of benzene rings is 1. The van der Waals surface area contributed by atoms with Gasteiger partial charge < -0.3 is 10.1 Å². The number of pyridine rings is 2. The fourth-order valence-corrected chi connectivity index (χ4v) is 3.53. The molecule has 3 heterocycles. The van der Waals surface area contributed by atoms with Gasteiger partial charge in [0.05, 0.1) is 7.11 Å². The summed E-state index contributed by atoms with van der Waals surface area (Å²) in [5.74, 6) is 1.32. The van der Waals surface area contributed by atoms with Crippen molar-refractivity contribution in [2.75, 3.05) is 12.4 Å². The molecule has 0 aliphatic carbocycles. The Balaban J connectivity index is 1.69. The fourth-order valence-electron chi connectivity index (χ4n) is 3.53. The summed E-state index contributed by atoms with van der Waals surface area (Å²) in [6.45, 7) is 6.53. The van der Waals surface area contributed by atoms with E-state index in [1.165, 1.54) is 13.2 Å². The van der Waals surface area contributed by atoms with Crippen molar-refractivity contribution in [3.8, 4) is 16.9 Å². The number of fused-ring (bicyclic) bond motifs is 1. The van der Waals surface area contributed by atoms with Crippen molar-refractivity contribution in [2.45, 2.75) is 33.2 Å². The summed E-state index contributed by atoms with van der Waals surface area (Å²) in [6, 6.07) is 12.9. The van der Waals surface area contributed by atoms with Crippen molar-refractivity contribution in [2.24, 2.45) is 0 Å². The summed E-state index contributed by atoms with van der Waals surface area (Å²) in [5.41, 5.74) is 5.15. The molecule has 3 aromatic heterocycles. The van der Waals surface area contributed by atoms with E-state index in [2.05, 4.69) is 41.5 Å². The molecule has 154 valence electrons. The van der Waals surface area contributed by atoms with Gasteiger partial charge in [0.15, 0.2) is 5.65 Å². The topological polar surface area (TPSA) is 64.3 Å². The Kier molecular flexibility index (Phi) is 5.35. The number of rotatable bonds is 6. The van der Waals surface area contributed by atoms with Crippen LogP contribution < -0.4 is 10.1 Å². The third kappa shape index (κ3) is 3.58. The lowest BCUT2D eigenvalue weighted by molar-refractivity contribution is 0.405. The summed E-state index contributed by atoms with van der Waals surface area (Å²) in [4.78, 5) is 4.74. The lowest BCUT2D eigenvalue weighted by Gasteiger charge is -2.15. The highest BCUT2D eigenvalue weighted by molar-refractivity contribution is 5.80. The molecule has 0 aliphatic rings. The van der Waals surface area contributed by atoms with Gasteiger partial charge in [-0.15, -0.1) is 10.2 Å². The molecule has 0 spiro atoms. The smallest absolute Gasteiger partial charge is 0.170 e. The molecule has 0 unspecified atom stereocenters. The highest BCUT2D eigenvalue weighted by Crippen LogP contribution is 2.30. The van der Waals surface area contributed by atoms with Crippen LogP contribution in [0.5, 0.6) is 5.75 Å².